The number of carbonyl (C=O) groups is 2. The van der Waals surface area contributed by atoms with E-state index in [1.165, 1.54) is 23.0 Å². The average Bonchev–Trinajstić information content (AvgIpc) is 3.08. The molecule has 0 unspecified atom stereocenters. The fourth-order valence-electron chi connectivity index (χ4n) is 2.19. The Balaban J connectivity index is 1.64. The van der Waals surface area contributed by atoms with E-state index < -0.39 is 0 Å². The van der Waals surface area contributed by atoms with Crippen LogP contribution >= 0.6 is 23.1 Å². The number of thiophene rings is 1. The molecule has 128 valence electrons. The molecule has 1 N–H and O–H groups in total. The first-order valence-electron chi connectivity index (χ1n) is 7.47. The molecule has 0 fully saturated rings. The van der Waals surface area contributed by atoms with Crippen LogP contribution in [0.2, 0.25) is 0 Å². The van der Waals surface area contributed by atoms with Crippen molar-refractivity contribution in [1.29, 1.82) is 0 Å². The number of thioether (sulfide) groups is 1. The molecule has 25 heavy (non-hydrogen) atoms. The fourth-order valence-corrected chi connectivity index (χ4v) is 3.93. The molecule has 0 saturated carbocycles. The largest absolute Gasteiger partial charge is 0.345 e. The fraction of sp³-hybridized carbons (Fsp3) is 0.176. The van der Waals surface area contributed by atoms with E-state index in [0.717, 1.165) is 15.2 Å². The minimum atomic E-state index is -0.150. The topological polar surface area (TPSA) is 75.2 Å². The number of aromatic nitrogens is 2. The summed E-state index contributed by atoms with van der Waals surface area (Å²) in [5, 5.41) is 5.57. The van der Waals surface area contributed by atoms with E-state index in [1.54, 1.807) is 49.7 Å². The third-order valence-electron chi connectivity index (χ3n) is 3.35. The van der Waals surface area contributed by atoms with Gasteiger partial charge in [-0.3, -0.25) is 9.59 Å². The SMILES string of the molecule is CN(C)C(=O)c1cccc(NC(=O)CSc2ncnc3ccsc23)c1. The van der Waals surface area contributed by atoms with Gasteiger partial charge in [0.15, 0.2) is 0 Å². The quantitative estimate of drug-likeness (QED) is 0.550. The van der Waals surface area contributed by atoms with Gasteiger partial charge in [0.05, 0.1) is 16.0 Å². The van der Waals surface area contributed by atoms with Gasteiger partial charge in [-0.15, -0.1) is 11.3 Å². The molecule has 2 heterocycles. The lowest BCUT2D eigenvalue weighted by Crippen LogP contribution is -2.22. The standard InChI is InChI=1S/C17H16N4O2S2/c1-21(2)17(23)11-4-3-5-12(8-11)20-14(22)9-25-16-15-13(6-7-24-15)18-10-19-16/h3-8,10H,9H2,1-2H3,(H,20,22). The van der Waals surface area contributed by atoms with Crippen LogP contribution in [0.5, 0.6) is 0 Å². The van der Waals surface area contributed by atoms with Crippen LogP contribution < -0.4 is 5.32 Å². The molecule has 0 radical (unpaired) electrons. The molecular weight excluding hydrogens is 356 g/mol. The Hall–Kier alpha value is -2.45. The van der Waals surface area contributed by atoms with Crippen molar-refractivity contribution in [3.8, 4) is 0 Å². The maximum absolute atomic E-state index is 12.2. The summed E-state index contributed by atoms with van der Waals surface area (Å²) in [6, 6.07) is 8.84. The molecule has 3 rings (SSSR count). The first-order valence-corrected chi connectivity index (χ1v) is 9.33. The van der Waals surface area contributed by atoms with Crippen molar-refractivity contribution in [3.63, 3.8) is 0 Å². The molecule has 0 aliphatic carbocycles. The summed E-state index contributed by atoms with van der Waals surface area (Å²) >= 11 is 2.93. The highest BCUT2D eigenvalue weighted by atomic mass is 32.2. The third-order valence-corrected chi connectivity index (χ3v) is 5.38. The Kier molecular flexibility index (Phi) is 5.30. The average molecular weight is 372 g/mol. The van der Waals surface area contributed by atoms with E-state index in [-0.39, 0.29) is 17.6 Å². The predicted octanol–water partition coefficient (Wildman–Crippen LogP) is 3.12. The second-order valence-electron chi connectivity index (χ2n) is 5.43. The smallest absolute Gasteiger partial charge is 0.253 e. The second-order valence-corrected chi connectivity index (χ2v) is 7.31. The molecule has 3 aromatic rings. The van der Waals surface area contributed by atoms with E-state index in [0.29, 0.717) is 11.3 Å². The molecule has 6 nitrogen and oxygen atoms in total. The number of amides is 2. The summed E-state index contributed by atoms with van der Waals surface area (Å²) in [4.78, 5) is 34.1. The number of nitrogens with one attached hydrogen (secondary N) is 1. The van der Waals surface area contributed by atoms with Crippen LogP contribution in [0.25, 0.3) is 10.2 Å². The molecule has 0 saturated heterocycles. The van der Waals surface area contributed by atoms with E-state index in [1.807, 2.05) is 11.4 Å². The number of hydrogen-bond acceptors (Lipinski definition) is 6. The molecule has 0 aliphatic rings. The highest BCUT2D eigenvalue weighted by Gasteiger charge is 2.11. The summed E-state index contributed by atoms with van der Waals surface area (Å²) in [6.45, 7) is 0. The lowest BCUT2D eigenvalue weighted by atomic mass is 10.2. The second kappa shape index (κ2) is 7.62. The van der Waals surface area contributed by atoms with Gasteiger partial charge in [-0.1, -0.05) is 17.8 Å². The van der Waals surface area contributed by atoms with Crippen molar-refractivity contribution in [2.24, 2.45) is 0 Å². The van der Waals surface area contributed by atoms with E-state index in [4.69, 9.17) is 0 Å². The van der Waals surface area contributed by atoms with E-state index in [9.17, 15) is 9.59 Å². The van der Waals surface area contributed by atoms with Gasteiger partial charge in [0.25, 0.3) is 5.91 Å². The van der Waals surface area contributed by atoms with Crippen molar-refractivity contribution in [2.75, 3.05) is 25.2 Å². The van der Waals surface area contributed by atoms with Crippen LogP contribution in [0.15, 0.2) is 47.1 Å². The van der Waals surface area contributed by atoms with Crippen molar-refractivity contribution in [2.45, 2.75) is 5.03 Å². The molecule has 1 aromatic carbocycles. The van der Waals surface area contributed by atoms with Gasteiger partial charge in [-0.05, 0) is 29.6 Å². The molecule has 8 heteroatoms. The number of nitrogens with zero attached hydrogens (tertiary/aromatic N) is 3. The van der Waals surface area contributed by atoms with Crippen LogP contribution in [0, 0.1) is 0 Å². The summed E-state index contributed by atoms with van der Waals surface area (Å²) in [6.07, 6.45) is 1.51. The summed E-state index contributed by atoms with van der Waals surface area (Å²) in [5.74, 6) is -0.0232. The summed E-state index contributed by atoms with van der Waals surface area (Å²) in [7, 11) is 3.38. The highest BCUT2D eigenvalue weighted by molar-refractivity contribution is 8.00. The van der Waals surface area contributed by atoms with Crippen LogP contribution in [0.1, 0.15) is 10.4 Å². The first-order chi connectivity index (χ1) is 12.0. The molecular formula is C17H16N4O2S2. The molecule has 0 atom stereocenters. The van der Waals surface area contributed by atoms with Gasteiger partial charge >= 0.3 is 0 Å². The maximum Gasteiger partial charge on any atom is 0.253 e. The first kappa shape index (κ1) is 17.4. The van der Waals surface area contributed by atoms with E-state index >= 15 is 0 Å². The third kappa shape index (κ3) is 4.15. The number of anilines is 1. The number of carbonyl (C=O) groups excluding carboxylic acids is 2. The van der Waals surface area contributed by atoms with Crippen molar-refractivity contribution < 1.29 is 9.59 Å². The maximum atomic E-state index is 12.2. The van der Waals surface area contributed by atoms with Gasteiger partial charge in [0, 0.05) is 25.3 Å². The molecule has 0 spiro atoms. The number of hydrogen-bond donors (Lipinski definition) is 1. The zero-order valence-corrected chi connectivity index (χ0v) is 15.4. The highest BCUT2D eigenvalue weighted by Crippen LogP contribution is 2.28. The monoisotopic (exact) mass is 372 g/mol. The van der Waals surface area contributed by atoms with Gasteiger partial charge in [-0.25, -0.2) is 9.97 Å². The zero-order valence-electron chi connectivity index (χ0n) is 13.7. The van der Waals surface area contributed by atoms with Gasteiger partial charge in [-0.2, -0.15) is 0 Å². The van der Waals surface area contributed by atoms with Crippen molar-refractivity contribution in [1.82, 2.24) is 14.9 Å². The number of rotatable bonds is 5. The minimum absolute atomic E-state index is 0.105. The number of benzene rings is 1. The summed E-state index contributed by atoms with van der Waals surface area (Å²) < 4.78 is 0.985. The Bertz CT molecular complexity index is 924. The molecule has 2 aromatic heterocycles. The normalized spacial score (nSPS) is 10.6. The van der Waals surface area contributed by atoms with Crippen molar-refractivity contribution >= 4 is 50.8 Å². The number of fused-ring (bicyclic) bond motifs is 1. The molecule has 0 aliphatic heterocycles. The predicted molar refractivity (Wildman–Crippen MR) is 101 cm³/mol. The van der Waals surface area contributed by atoms with Gasteiger partial charge in [0.1, 0.15) is 11.4 Å². The van der Waals surface area contributed by atoms with Crippen molar-refractivity contribution in [3.05, 3.63) is 47.6 Å². The van der Waals surface area contributed by atoms with Gasteiger partial charge < -0.3 is 10.2 Å². The van der Waals surface area contributed by atoms with Crippen LogP contribution in [0.3, 0.4) is 0 Å². The molecule has 0 bridgehead atoms. The Morgan fingerprint density at radius 3 is 2.88 bits per heavy atom. The van der Waals surface area contributed by atoms with Crippen LogP contribution in [-0.2, 0) is 4.79 Å². The lowest BCUT2D eigenvalue weighted by molar-refractivity contribution is -0.113. The lowest BCUT2D eigenvalue weighted by Gasteiger charge is -2.11. The van der Waals surface area contributed by atoms with Crippen LogP contribution in [0.4, 0.5) is 5.69 Å². The van der Waals surface area contributed by atoms with Gasteiger partial charge in [0.2, 0.25) is 5.91 Å². The Labute approximate surface area is 153 Å². The molecule has 2 amide bonds. The van der Waals surface area contributed by atoms with E-state index in [2.05, 4.69) is 15.3 Å². The zero-order chi connectivity index (χ0) is 17.8. The Morgan fingerprint density at radius 1 is 1.24 bits per heavy atom. The summed E-state index contributed by atoms with van der Waals surface area (Å²) in [5.41, 5.74) is 2.02. The Morgan fingerprint density at radius 2 is 2.08 bits per heavy atom. The van der Waals surface area contributed by atoms with Crippen LogP contribution in [-0.4, -0.2) is 46.5 Å². The minimum Gasteiger partial charge on any atom is -0.345 e.